The van der Waals surface area contributed by atoms with E-state index in [1.165, 1.54) is 59.9 Å². The van der Waals surface area contributed by atoms with Gasteiger partial charge in [0.1, 0.15) is 5.82 Å². The monoisotopic (exact) mass is 654 g/mol. The number of hydrogen-bond acceptors (Lipinski definition) is 6. The van der Waals surface area contributed by atoms with Gasteiger partial charge in [0.15, 0.2) is 5.65 Å². The minimum atomic E-state index is -1.09. The number of carbonyl (C=O) groups is 1. The van der Waals surface area contributed by atoms with Crippen LogP contribution in [0.3, 0.4) is 0 Å². The highest BCUT2D eigenvalue weighted by molar-refractivity contribution is 5.76. The normalized spacial score (nSPS) is 21.4. The molecule has 1 aliphatic carbocycles. The number of fused-ring (bicyclic) bond motifs is 1. The van der Waals surface area contributed by atoms with Crippen LogP contribution in [-0.4, -0.2) is 73.4 Å². The molecule has 0 spiro atoms. The Morgan fingerprint density at radius 3 is 2.29 bits per heavy atom. The molecular weight excluding hydrogens is 611 g/mol. The number of aromatic nitrogens is 3. The molecule has 48 heavy (non-hydrogen) atoms. The van der Waals surface area contributed by atoms with Crippen LogP contribution < -0.4 is 16.6 Å². The van der Waals surface area contributed by atoms with Crippen LogP contribution in [0.2, 0.25) is 0 Å². The highest BCUT2D eigenvalue weighted by Crippen LogP contribution is 2.29. The Bertz CT molecular complexity index is 1890. The standard InChI is InChI=1S/C37H43FN6O4/c38-28-22-33-34(39-23-28)43(37(48)44(35(33)45)31-13-11-29(12-14-31)40-36(46)47)32-6-4-5-27(21-32)26-9-7-25(8-10-26)24-41-19-15-30(16-20-41)42-17-2-1-3-18-42/h4-10,21-23,29-31,40H,1-3,11-20,24H2,(H,46,47). The number of hydrogen-bond donors (Lipinski definition) is 2. The molecule has 7 rings (SSSR count). The van der Waals surface area contributed by atoms with Crippen LogP contribution in [0.15, 0.2) is 70.4 Å². The molecule has 4 aromatic rings. The summed E-state index contributed by atoms with van der Waals surface area (Å²) in [7, 11) is 0. The largest absolute Gasteiger partial charge is 0.465 e. The van der Waals surface area contributed by atoms with Gasteiger partial charge < -0.3 is 15.3 Å². The minimum absolute atomic E-state index is 0.0232. The zero-order chi connectivity index (χ0) is 33.2. The Hall–Kier alpha value is -4.35. The number of likely N-dealkylation sites (tertiary alicyclic amines) is 2. The van der Waals surface area contributed by atoms with Gasteiger partial charge >= 0.3 is 11.8 Å². The van der Waals surface area contributed by atoms with Crippen LogP contribution in [0.25, 0.3) is 27.8 Å². The number of nitrogens with one attached hydrogen (secondary N) is 1. The highest BCUT2D eigenvalue weighted by Gasteiger charge is 2.28. The predicted octanol–water partition coefficient (Wildman–Crippen LogP) is 5.56. The molecule has 0 bridgehead atoms. The summed E-state index contributed by atoms with van der Waals surface area (Å²) in [5.74, 6) is -0.661. The molecule has 4 heterocycles. The molecule has 3 aliphatic rings. The van der Waals surface area contributed by atoms with E-state index in [2.05, 4.69) is 44.4 Å². The molecule has 3 fully saturated rings. The van der Waals surface area contributed by atoms with Gasteiger partial charge in [-0.1, -0.05) is 42.8 Å². The summed E-state index contributed by atoms with van der Waals surface area (Å²) in [6.07, 6.45) is 8.30. The van der Waals surface area contributed by atoms with Gasteiger partial charge in [-0.25, -0.2) is 23.5 Å². The third-order valence-corrected chi connectivity index (χ3v) is 10.5. The Labute approximate surface area is 278 Å². The molecule has 252 valence electrons. The van der Waals surface area contributed by atoms with E-state index >= 15 is 0 Å². The minimum Gasteiger partial charge on any atom is -0.465 e. The van der Waals surface area contributed by atoms with Crippen molar-refractivity contribution in [1.82, 2.24) is 29.2 Å². The van der Waals surface area contributed by atoms with E-state index in [-0.39, 0.29) is 17.1 Å². The van der Waals surface area contributed by atoms with Gasteiger partial charge in [-0.15, -0.1) is 0 Å². The smallest absolute Gasteiger partial charge is 0.404 e. The maximum atomic E-state index is 14.4. The molecule has 11 heteroatoms. The first-order valence-corrected chi connectivity index (χ1v) is 17.3. The number of carboxylic acid groups (broad SMARTS) is 1. The molecule has 1 amide bonds. The maximum absolute atomic E-state index is 14.4. The average Bonchev–Trinajstić information content (AvgIpc) is 3.10. The van der Waals surface area contributed by atoms with Gasteiger partial charge in [-0.2, -0.15) is 0 Å². The van der Waals surface area contributed by atoms with Crippen LogP contribution in [0.4, 0.5) is 9.18 Å². The van der Waals surface area contributed by atoms with Crippen LogP contribution in [0.5, 0.6) is 0 Å². The second-order valence-corrected chi connectivity index (χ2v) is 13.6. The zero-order valence-electron chi connectivity index (χ0n) is 27.2. The third kappa shape index (κ3) is 6.79. The van der Waals surface area contributed by atoms with E-state index in [1.807, 2.05) is 18.2 Å². The molecule has 0 unspecified atom stereocenters. The summed E-state index contributed by atoms with van der Waals surface area (Å²) < 4.78 is 17.0. The van der Waals surface area contributed by atoms with Crippen LogP contribution in [0.1, 0.15) is 69.4 Å². The van der Waals surface area contributed by atoms with Gasteiger partial charge in [0.05, 0.1) is 17.3 Å². The summed E-state index contributed by atoms with van der Waals surface area (Å²) in [6.45, 7) is 5.67. The lowest BCUT2D eigenvalue weighted by Crippen LogP contribution is -2.46. The van der Waals surface area contributed by atoms with Crippen molar-refractivity contribution in [3.8, 4) is 16.8 Å². The Kier molecular flexibility index (Phi) is 9.41. The van der Waals surface area contributed by atoms with Crippen molar-refractivity contribution in [3.05, 3.63) is 93.0 Å². The molecule has 1 saturated carbocycles. The van der Waals surface area contributed by atoms with Crippen molar-refractivity contribution in [3.63, 3.8) is 0 Å². The second kappa shape index (κ2) is 14.0. The van der Waals surface area contributed by atoms with Crippen molar-refractivity contribution in [2.24, 2.45) is 0 Å². The summed E-state index contributed by atoms with van der Waals surface area (Å²) in [5.41, 5.74) is 2.66. The lowest BCUT2D eigenvalue weighted by atomic mass is 9.91. The van der Waals surface area contributed by atoms with Crippen LogP contribution in [-0.2, 0) is 6.54 Å². The summed E-state index contributed by atoms with van der Waals surface area (Å²) in [5, 5.41) is 11.6. The number of piperidine rings is 2. The average molecular weight is 655 g/mol. The van der Waals surface area contributed by atoms with E-state index < -0.39 is 29.2 Å². The fourth-order valence-corrected chi connectivity index (χ4v) is 8.00. The summed E-state index contributed by atoms with van der Waals surface area (Å²) >= 11 is 0. The molecule has 10 nitrogen and oxygen atoms in total. The third-order valence-electron chi connectivity index (χ3n) is 10.5. The highest BCUT2D eigenvalue weighted by atomic mass is 19.1. The van der Waals surface area contributed by atoms with Crippen LogP contribution in [0, 0.1) is 5.82 Å². The lowest BCUT2D eigenvalue weighted by Gasteiger charge is -2.40. The summed E-state index contributed by atoms with van der Waals surface area (Å²) in [6, 6.07) is 17.3. The Balaban J connectivity index is 1.12. The lowest BCUT2D eigenvalue weighted by molar-refractivity contribution is 0.0896. The molecular formula is C37H43FN6O4. The van der Waals surface area contributed by atoms with Crippen LogP contribution >= 0.6 is 0 Å². The van der Waals surface area contributed by atoms with Gasteiger partial charge in [0, 0.05) is 24.7 Å². The fourth-order valence-electron chi connectivity index (χ4n) is 8.00. The number of benzene rings is 2. The van der Waals surface area contributed by atoms with E-state index in [0.29, 0.717) is 31.4 Å². The fraction of sp³-hybridized carbons (Fsp3) is 0.459. The molecule has 2 N–H and O–H groups in total. The Morgan fingerprint density at radius 2 is 1.58 bits per heavy atom. The maximum Gasteiger partial charge on any atom is 0.404 e. The number of nitrogens with zero attached hydrogens (tertiary/aromatic N) is 5. The van der Waals surface area contributed by atoms with Crippen molar-refractivity contribution in [1.29, 1.82) is 0 Å². The second-order valence-electron chi connectivity index (χ2n) is 13.6. The molecule has 0 radical (unpaired) electrons. The topological polar surface area (TPSA) is 113 Å². The van der Waals surface area contributed by atoms with Gasteiger partial charge in [0.2, 0.25) is 0 Å². The molecule has 2 aromatic carbocycles. The SMILES string of the molecule is O=C(O)NC1CCC(n2c(=O)c3cc(F)cnc3n(-c3cccc(-c4ccc(CN5CCC(N6CCCCC6)CC5)cc4)c3)c2=O)CC1. The molecule has 2 saturated heterocycles. The zero-order valence-corrected chi connectivity index (χ0v) is 27.2. The molecule has 2 aromatic heterocycles. The number of halogens is 1. The van der Waals surface area contributed by atoms with Gasteiger partial charge in [-0.05, 0) is 112 Å². The van der Waals surface area contributed by atoms with Gasteiger partial charge in [0.25, 0.3) is 5.56 Å². The van der Waals surface area contributed by atoms with Crippen molar-refractivity contribution < 1.29 is 14.3 Å². The number of rotatable bonds is 7. The van der Waals surface area contributed by atoms with E-state index in [4.69, 9.17) is 5.11 Å². The summed E-state index contributed by atoms with van der Waals surface area (Å²) in [4.78, 5) is 48.3. The Morgan fingerprint density at radius 1 is 0.854 bits per heavy atom. The molecule has 0 atom stereocenters. The van der Waals surface area contributed by atoms with E-state index in [1.54, 1.807) is 6.07 Å². The quantitative estimate of drug-likeness (QED) is 0.269. The first kappa shape index (κ1) is 32.2. The number of amides is 1. The first-order valence-electron chi connectivity index (χ1n) is 17.3. The van der Waals surface area contributed by atoms with Crippen molar-refractivity contribution in [2.45, 2.75) is 82.5 Å². The molecule has 2 aliphatic heterocycles. The number of pyridine rings is 1. The van der Waals surface area contributed by atoms with Crippen molar-refractivity contribution >= 4 is 17.1 Å². The van der Waals surface area contributed by atoms with Crippen molar-refractivity contribution in [2.75, 3.05) is 26.2 Å². The first-order chi connectivity index (χ1) is 23.3. The predicted molar refractivity (Wildman–Crippen MR) is 183 cm³/mol. The van der Waals surface area contributed by atoms with E-state index in [0.717, 1.165) is 49.1 Å². The van der Waals surface area contributed by atoms with E-state index in [9.17, 15) is 18.8 Å². The van der Waals surface area contributed by atoms with Gasteiger partial charge in [-0.3, -0.25) is 14.3 Å².